The fourth-order valence-corrected chi connectivity index (χ4v) is 5.23. The first-order valence-corrected chi connectivity index (χ1v) is 11.7. The first kappa shape index (κ1) is 23.4. The van der Waals surface area contributed by atoms with Gasteiger partial charge in [0.05, 0.1) is 5.69 Å². The highest BCUT2D eigenvalue weighted by molar-refractivity contribution is 7.21. The zero-order valence-electron chi connectivity index (χ0n) is 18.7. The van der Waals surface area contributed by atoms with E-state index in [0.717, 1.165) is 53.7 Å². The van der Waals surface area contributed by atoms with Crippen LogP contribution in [0.2, 0.25) is 0 Å². The number of halogens is 3. The minimum Gasteiger partial charge on any atom is -0.406 e. The Morgan fingerprint density at radius 1 is 1.27 bits per heavy atom. The largest absolute Gasteiger partial charge is 0.573 e. The van der Waals surface area contributed by atoms with Crippen molar-refractivity contribution in [1.82, 2.24) is 4.98 Å². The Bertz CT molecular complexity index is 1190. The van der Waals surface area contributed by atoms with Crippen LogP contribution in [0.3, 0.4) is 0 Å². The lowest BCUT2D eigenvalue weighted by atomic mass is 9.69. The predicted molar refractivity (Wildman–Crippen MR) is 125 cm³/mol. The number of fused-ring (bicyclic) bond motifs is 2. The van der Waals surface area contributed by atoms with E-state index in [-0.39, 0.29) is 11.2 Å². The van der Waals surface area contributed by atoms with Gasteiger partial charge in [-0.15, -0.1) is 24.5 Å². The van der Waals surface area contributed by atoms with Gasteiger partial charge >= 0.3 is 6.36 Å². The number of pyridine rings is 1. The molecule has 176 valence electrons. The first-order chi connectivity index (χ1) is 15.5. The molecule has 9 heteroatoms. The van der Waals surface area contributed by atoms with Crippen molar-refractivity contribution in [3.63, 3.8) is 0 Å². The van der Waals surface area contributed by atoms with Gasteiger partial charge in [0.25, 0.3) is 5.91 Å². The lowest BCUT2D eigenvalue weighted by Crippen LogP contribution is -2.29. The van der Waals surface area contributed by atoms with Crippen LogP contribution in [0.25, 0.3) is 10.2 Å². The van der Waals surface area contributed by atoms with Crippen LogP contribution in [0.5, 0.6) is 5.75 Å². The second kappa shape index (κ2) is 8.52. The summed E-state index contributed by atoms with van der Waals surface area (Å²) in [5.41, 5.74) is 9.55. The smallest absolute Gasteiger partial charge is 0.406 e. The number of rotatable bonds is 5. The van der Waals surface area contributed by atoms with Crippen LogP contribution in [-0.4, -0.2) is 17.3 Å². The zero-order valence-corrected chi connectivity index (χ0v) is 19.5. The number of carbonyl (C=O) groups is 1. The number of thiophene rings is 1. The van der Waals surface area contributed by atoms with Gasteiger partial charge in [-0.1, -0.05) is 27.2 Å². The number of nitrogen functional groups attached to an aromatic ring is 1. The van der Waals surface area contributed by atoms with E-state index in [1.165, 1.54) is 29.0 Å². The Morgan fingerprint density at radius 3 is 2.61 bits per heavy atom. The lowest BCUT2D eigenvalue weighted by Gasteiger charge is -2.36. The van der Waals surface area contributed by atoms with Gasteiger partial charge in [-0.05, 0) is 66.5 Å². The van der Waals surface area contributed by atoms with Crippen LogP contribution in [0.4, 0.5) is 24.5 Å². The molecule has 33 heavy (non-hydrogen) atoms. The van der Waals surface area contributed by atoms with E-state index in [1.807, 2.05) is 0 Å². The summed E-state index contributed by atoms with van der Waals surface area (Å²) in [7, 11) is 0. The van der Waals surface area contributed by atoms with Gasteiger partial charge in [0.2, 0.25) is 0 Å². The summed E-state index contributed by atoms with van der Waals surface area (Å²) in [6, 6.07) is 7.04. The van der Waals surface area contributed by atoms with Crippen molar-refractivity contribution in [2.24, 2.45) is 11.3 Å². The van der Waals surface area contributed by atoms with Gasteiger partial charge in [-0.3, -0.25) is 4.79 Å². The van der Waals surface area contributed by atoms with Gasteiger partial charge in [-0.2, -0.15) is 0 Å². The predicted octanol–water partition coefficient (Wildman–Crippen LogP) is 6.57. The molecule has 3 N–H and O–H groups in total. The summed E-state index contributed by atoms with van der Waals surface area (Å²) in [5, 5.41) is 3.45. The molecule has 2 aromatic heterocycles. The van der Waals surface area contributed by atoms with Crippen LogP contribution < -0.4 is 15.8 Å². The molecule has 5 nitrogen and oxygen atoms in total. The van der Waals surface area contributed by atoms with E-state index in [1.54, 1.807) is 0 Å². The van der Waals surface area contributed by atoms with Crippen molar-refractivity contribution in [1.29, 1.82) is 0 Å². The van der Waals surface area contributed by atoms with Crippen LogP contribution >= 0.6 is 11.3 Å². The van der Waals surface area contributed by atoms with Crippen molar-refractivity contribution in [3.05, 3.63) is 46.5 Å². The van der Waals surface area contributed by atoms with Crippen LogP contribution in [0.1, 0.15) is 54.5 Å². The highest BCUT2D eigenvalue weighted by Gasteiger charge is 2.33. The van der Waals surface area contributed by atoms with Gasteiger partial charge in [0, 0.05) is 16.8 Å². The van der Waals surface area contributed by atoms with E-state index in [9.17, 15) is 18.0 Å². The van der Waals surface area contributed by atoms with E-state index < -0.39 is 12.3 Å². The molecular weight excluding hydrogens is 451 g/mol. The maximum atomic E-state index is 12.8. The summed E-state index contributed by atoms with van der Waals surface area (Å²) < 4.78 is 40.8. The molecule has 4 rings (SSSR count). The van der Waals surface area contributed by atoms with E-state index in [2.05, 4.69) is 36.9 Å². The minimum absolute atomic E-state index is 0.249. The molecule has 1 aliphatic carbocycles. The Kier molecular flexibility index (Phi) is 6.03. The molecule has 0 aliphatic heterocycles. The molecule has 1 aliphatic rings. The molecule has 0 bridgehead atoms. The molecule has 0 radical (unpaired) electrons. The molecule has 2 heterocycles. The number of hydrogen-bond donors (Lipinski definition) is 2. The number of nitrogens with one attached hydrogen (secondary N) is 1. The Morgan fingerprint density at radius 2 is 1.97 bits per heavy atom. The van der Waals surface area contributed by atoms with Crippen molar-refractivity contribution in [2.45, 2.75) is 52.8 Å². The fraction of sp³-hybridized carbons (Fsp3) is 0.417. The molecular formula is C24H26F3N3O2S. The maximum Gasteiger partial charge on any atom is 0.573 e. The molecule has 0 saturated carbocycles. The van der Waals surface area contributed by atoms with Crippen molar-refractivity contribution in [3.8, 4) is 5.75 Å². The first-order valence-electron chi connectivity index (χ1n) is 10.8. The fourth-order valence-electron chi connectivity index (χ4n) is 4.24. The van der Waals surface area contributed by atoms with Gasteiger partial charge in [0.15, 0.2) is 0 Å². The summed E-state index contributed by atoms with van der Waals surface area (Å²) in [6.45, 7) is 6.82. The number of hydrogen-bond acceptors (Lipinski definition) is 5. The van der Waals surface area contributed by atoms with Crippen molar-refractivity contribution < 1.29 is 22.7 Å². The molecule has 1 amide bonds. The quantitative estimate of drug-likeness (QED) is 0.436. The summed E-state index contributed by atoms with van der Waals surface area (Å²) in [6.07, 6.45) is -0.715. The van der Waals surface area contributed by atoms with E-state index in [0.29, 0.717) is 22.2 Å². The Hall–Kier alpha value is -2.81. The normalized spacial score (nSPS) is 16.5. The van der Waals surface area contributed by atoms with Crippen LogP contribution in [0.15, 0.2) is 30.3 Å². The minimum atomic E-state index is -4.77. The molecule has 1 atom stereocenters. The number of alkyl halides is 3. The summed E-state index contributed by atoms with van der Waals surface area (Å²) >= 11 is 1.22. The number of anilines is 2. The number of benzene rings is 1. The molecule has 1 aromatic carbocycles. The number of nitrogens with two attached hydrogens (primary N) is 1. The summed E-state index contributed by atoms with van der Waals surface area (Å²) in [4.78, 5) is 18.7. The number of aromatic nitrogens is 1. The lowest BCUT2D eigenvalue weighted by molar-refractivity contribution is -0.274. The Balaban J connectivity index is 1.55. The average Bonchev–Trinajstić information content (AvgIpc) is 3.07. The third-order valence-electron chi connectivity index (χ3n) is 6.65. The van der Waals surface area contributed by atoms with Gasteiger partial charge in [0.1, 0.15) is 15.5 Å². The second-order valence-corrected chi connectivity index (χ2v) is 10.1. The number of carbonyl (C=O) groups excluding carboxylic acids is 1. The monoisotopic (exact) mass is 477 g/mol. The third-order valence-corrected chi connectivity index (χ3v) is 7.77. The molecule has 0 saturated heterocycles. The molecule has 0 fully saturated rings. The molecule has 0 spiro atoms. The SMILES string of the molecule is CCC(C)(C)C1CCc2nc3sc(C(=O)Nc4ccc(OC(F)(F)F)cc4)c(N)c3cc2C1. The topological polar surface area (TPSA) is 77.2 Å². The molecule has 1 unspecified atom stereocenters. The van der Waals surface area contributed by atoms with E-state index in [4.69, 9.17) is 10.7 Å². The number of amides is 1. The van der Waals surface area contributed by atoms with Crippen LogP contribution in [0, 0.1) is 11.3 Å². The van der Waals surface area contributed by atoms with Crippen LogP contribution in [-0.2, 0) is 12.8 Å². The van der Waals surface area contributed by atoms with E-state index >= 15 is 0 Å². The third kappa shape index (κ3) is 4.93. The second-order valence-electron chi connectivity index (χ2n) is 9.10. The molecule has 3 aromatic rings. The highest BCUT2D eigenvalue weighted by Crippen LogP contribution is 2.42. The standard InChI is InChI=1S/C24H26F3N3O2S/c1-4-23(2,3)14-5-10-18-13(11-14)12-17-19(28)20(33-22(17)30-18)21(31)29-15-6-8-16(9-7-15)32-24(25,26)27/h6-9,12,14H,4-5,10-11,28H2,1-3H3,(H,29,31). The number of ether oxygens (including phenoxy) is 1. The number of nitrogens with zero attached hydrogens (tertiary/aromatic N) is 1. The average molecular weight is 478 g/mol. The summed E-state index contributed by atoms with van der Waals surface area (Å²) in [5.74, 6) is -0.217. The van der Waals surface area contributed by atoms with Crippen molar-refractivity contribution in [2.75, 3.05) is 11.1 Å². The zero-order chi connectivity index (χ0) is 24.0. The number of aryl methyl sites for hydroxylation is 1. The van der Waals surface area contributed by atoms with Gasteiger partial charge < -0.3 is 15.8 Å². The van der Waals surface area contributed by atoms with Gasteiger partial charge in [-0.25, -0.2) is 4.98 Å². The van der Waals surface area contributed by atoms with Crippen molar-refractivity contribution >= 4 is 38.8 Å². The highest BCUT2D eigenvalue weighted by atomic mass is 32.1. The maximum absolute atomic E-state index is 12.8. The Labute approximate surface area is 194 Å².